The Balaban J connectivity index is -0.00000512. The van der Waals surface area contributed by atoms with Crippen LogP contribution in [0.3, 0.4) is 0 Å². The van der Waals surface area contributed by atoms with Gasteiger partial charge in [0.15, 0.2) is 0 Å². The molecule has 216 valence electrons. The fourth-order valence-electron chi connectivity index (χ4n) is 4.90. The van der Waals surface area contributed by atoms with Crippen molar-refractivity contribution >= 4 is 39.8 Å². The molecule has 0 aliphatic heterocycles. The van der Waals surface area contributed by atoms with Gasteiger partial charge in [-0.2, -0.15) is 0 Å². The maximum absolute atomic E-state index is 2.31. The van der Waals surface area contributed by atoms with Gasteiger partial charge in [-0.1, -0.05) is 52.4 Å². The van der Waals surface area contributed by atoms with Crippen LogP contribution in [0, 0.1) is 0 Å². The first-order valence-electron chi connectivity index (χ1n) is 16.0. The van der Waals surface area contributed by atoms with Gasteiger partial charge < -0.3 is 0 Å². The summed E-state index contributed by atoms with van der Waals surface area (Å²) in [4.78, 5) is 0. The van der Waals surface area contributed by atoms with E-state index in [9.17, 15) is 0 Å². The molecule has 0 saturated carbocycles. The van der Waals surface area contributed by atoms with E-state index in [0.717, 1.165) is 15.0 Å². The van der Waals surface area contributed by atoms with Crippen molar-refractivity contribution in [3.63, 3.8) is 0 Å². The minimum atomic E-state index is 0. The normalized spacial score (nSPS) is 10.8. The molecule has 0 atom stereocenters. The predicted octanol–water partition coefficient (Wildman–Crippen LogP) is 13.3. The average molecular weight is 603 g/mol. The van der Waals surface area contributed by atoms with Crippen LogP contribution >= 0.6 is 24.8 Å². The van der Waals surface area contributed by atoms with Crippen molar-refractivity contribution < 1.29 is 0 Å². The summed E-state index contributed by atoms with van der Waals surface area (Å²) < 4.78 is 0. The molecule has 0 radical (unpaired) electrons. The smallest absolute Gasteiger partial charge is 0.147 e. The van der Waals surface area contributed by atoms with Crippen LogP contribution in [0.15, 0.2) is 0 Å². The molecule has 0 aromatic heterocycles. The molecule has 0 rings (SSSR count). The van der Waals surface area contributed by atoms with Crippen molar-refractivity contribution in [1.29, 1.82) is 0 Å². The molecule has 0 fully saturated rings. The van der Waals surface area contributed by atoms with E-state index in [1.165, 1.54) is 180 Å². The van der Waals surface area contributed by atoms with Gasteiger partial charge in [-0.3, -0.25) is 0 Å². The van der Waals surface area contributed by atoms with E-state index in [1.54, 1.807) is 10.6 Å². The van der Waals surface area contributed by atoms with E-state index in [-0.39, 0.29) is 24.8 Å². The summed E-state index contributed by atoms with van der Waals surface area (Å²) in [6.07, 6.45) is 41.6. The standard InChI is InChI=1S/C32H66Se.2ClH/c1-3-5-7-9-11-13-15-17-19-21-23-25-27-29-31-33-32-30-28-26-24-22-20-18-16-14-12-10-8-6-4-2;;/h3-32H2,1-2H3;2*1H. The van der Waals surface area contributed by atoms with Crippen LogP contribution in [-0.4, -0.2) is 15.0 Å². The van der Waals surface area contributed by atoms with Crippen LogP contribution < -0.4 is 0 Å². The molecule has 0 aromatic rings. The van der Waals surface area contributed by atoms with E-state index < -0.39 is 0 Å². The molecule has 0 aromatic carbocycles. The van der Waals surface area contributed by atoms with Crippen molar-refractivity contribution in [2.24, 2.45) is 0 Å². The number of unbranched alkanes of at least 4 members (excludes halogenated alkanes) is 26. The summed E-state index contributed by atoms with van der Waals surface area (Å²) in [7, 11) is 0. The molecule has 0 amide bonds. The molecule has 0 spiro atoms. The van der Waals surface area contributed by atoms with Crippen LogP contribution in [0.5, 0.6) is 0 Å². The van der Waals surface area contributed by atoms with Crippen molar-refractivity contribution in [3.8, 4) is 0 Å². The van der Waals surface area contributed by atoms with Gasteiger partial charge in [0.25, 0.3) is 0 Å². The molecule has 0 unspecified atom stereocenters. The van der Waals surface area contributed by atoms with Crippen molar-refractivity contribution in [1.82, 2.24) is 0 Å². The summed E-state index contributed by atoms with van der Waals surface area (Å²) in [5.74, 6) is 0. The Morgan fingerprint density at radius 2 is 0.429 bits per heavy atom. The van der Waals surface area contributed by atoms with E-state index in [1.807, 2.05) is 0 Å². The Bertz CT molecular complexity index is 295. The molecular weight excluding hydrogens is 534 g/mol. The Kier molecular flexibility index (Phi) is 45.9. The third-order valence-corrected chi connectivity index (χ3v) is 9.71. The second-order valence-corrected chi connectivity index (χ2v) is 13.4. The third-order valence-electron chi connectivity index (χ3n) is 7.28. The molecular formula is C32H68Cl2Se. The molecule has 3 heteroatoms. The van der Waals surface area contributed by atoms with E-state index in [2.05, 4.69) is 13.8 Å². The summed E-state index contributed by atoms with van der Waals surface area (Å²) in [6, 6.07) is 0. The van der Waals surface area contributed by atoms with Crippen LogP contribution in [0.1, 0.15) is 194 Å². The van der Waals surface area contributed by atoms with Crippen LogP contribution in [0.4, 0.5) is 0 Å². The van der Waals surface area contributed by atoms with Gasteiger partial charge in [0.05, 0.1) is 0 Å². The van der Waals surface area contributed by atoms with Crippen molar-refractivity contribution in [2.45, 2.75) is 204 Å². The van der Waals surface area contributed by atoms with Crippen molar-refractivity contribution in [2.75, 3.05) is 0 Å². The second kappa shape index (κ2) is 39.6. The molecule has 0 aliphatic carbocycles. The van der Waals surface area contributed by atoms with E-state index >= 15 is 0 Å². The minimum absolute atomic E-state index is 0. The molecule has 35 heavy (non-hydrogen) atoms. The molecule has 0 saturated heterocycles. The first kappa shape index (κ1) is 40.6. The topological polar surface area (TPSA) is 0 Å². The van der Waals surface area contributed by atoms with Crippen LogP contribution in [0.25, 0.3) is 0 Å². The zero-order valence-electron chi connectivity index (χ0n) is 24.4. The van der Waals surface area contributed by atoms with Crippen LogP contribution in [0.2, 0.25) is 10.6 Å². The zero-order chi connectivity index (χ0) is 23.9. The molecule has 0 aliphatic rings. The quantitative estimate of drug-likeness (QED) is 0.0567. The predicted molar refractivity (Wildman–Crippen MR) is 170 cm³/mol. The van der Waals surface area contributed by atoms with Crippen LogP contribution in [-0.2, 0) is 0 Å². The maximum atomic E-state index is 2.31. The van der Waals surface area contributed by atoms with Gasteiger partial charge >= 0.3 is 167 Å². The molecule has 0 N–H and O–H groups in total. The third kappa shape index (κ3) is 39.8. The van der Waals surface area contributed by atoms with Gasteiger partial charge in [-0.05, 0) is 0 Å². The SMILES string of the molecule is CCCCCCCCCCCCCCCC[Se]CCCCCCCCCCCCCCCC.Cl.Cl. The number of hydrogen-bond acceptors (Lipinski definition) is 0. The summed E-state index contributed by atoms with van der Waals surface area (Å²) in [6.45, 7) is 4.62. The fourth-order valence-corrected chi connectivity index (χ4v) is 7.04. The number of hydrogen-bond donors (Lipinski definition) is 0. The Morgan fingerprint density at radius 3 is 0.629 bits per heavy atom. The first-order chi connectivity index (χ1) is 16.4. The van der Waals surface area contributed by atoms with Gasteiger partial charge in [-0.25, -0.2) is 0 Å². The number of halogens is 2. The Labute approximate surface area is 243 Å². The fraction of sp³-hybridized carbons (Fsp3) is 1.00. The zero-order valence-corrected chi connectivity index (χ0v) is 27.8. The van der Waals surface area contributed by atoms with Gasteiger partial charge in [0, 0.05) is 0 Å². The summed E-state index contributed by atoms with van der Waals surface area (Å²) in [5, 5.41) is 3.12. The van der Waals surface area contributed by atoms with E-state index in [4.69, 9.17) is 0 Å². The van der Waals surface area contributed by atoms with Crippen molar-refractivity contribution in [3.05, 3.63) is 0 Å². The molecule has 0 nitrogen and oxygen atoms in total. The molecule has 0 heterocycles. The van der Waals surface area contributed by atoms with Gasteiger partial charge in [0.1, 0.15) is 0 Å². The Hall–Kier alpha value is 1.10. The minimum Gasteiger partial charge on any atom is -0.147 e. The Morgan fingerprint density at radius 1 is 0.257 bits per heavy atom. The number of rotatable bonds is 30. The summed E-state index contributed by atoms with van der Waals surface area (Å²) in [5.41, 5.74) is 0. The first-order valence-corrected chi connectivity index (χ1v) is 18.4. The second-order valence-electron chi connectivity index (χ2n) is 10.8. The average Bonchev–Trinajstić information content (AvgIpc) is 2.83. The molecule has 0 bridgehead atoms. The summed E-state index contributed by atoms with van der Waals surface area (Å²) >= 11 is 0.953. The van der Waals surface area contributed by atoms with Gasteiger partial charge in [-0.15, -0.1) is 24.8 Å². The van der Waals surface area contributed by atoms with E-state index in [0.29, 0.717) is 0 Å². The monoisotopic (exact) mass is 602 g/mol. The van der Waals surface area contributed by atoms with Gasteiger partial charge in [0.2, 0.25) is 0 Å².